The summed E-state index contributed by atoms with van der Waals surface area (Å²) in [5, 5.41) is 2.00. The largest absolute Gasteiger partial charge is 0.310 e. The Morgan fingerprint density at radius 1 is 0.605 bits per heavy atom. The first-order valence-electron chi connectivity index (χ1n) is 12.2. The van der Waals surface area contributed by atoms with Crippen LogP contribution in [0.5, 0.6) is 0 Å². The van der Waals surface area contributed by atoms with Gasteiger partial charge in [-0.1, -0.05) is 78.9 Å². The lowest BCUT2D eigenvalue weighted by Gasteiger charge is -2.16. The molecule has 1 aliphatic heterocycles. The predicted molar refractivity (Wildman–Crippen MR) is 150 cm³/mol. The van der Waals surface area contributed by atoms with E-state index in [1.165, 1.54) is 4.90 Å². The summed E-state index contributed by atoms with van der Waals surface area (Å²) < 4.78 is 1.99. The zero-order valence-electron chi connectivity index (χ0n) is 20.1. The number of fused-ring (bicyclic) bond motifs is 4. The van der Waals surface area contributed by atoms with E-state index in [-0.39, 0.29) is 11.8 Å². The third kappa shape index (κ3) is 3.11. The number of hydrogen-bond acceptors (Lipinski definition) is 2. The van der Waals surface area contributed by atoms with Gasteiger partial charge in [-0.25, -0.2) is 9.74 Å². The van der Waals surface area contributed by atoms with Crippen LogP contribution in [0.3, 0.4) is 0 Å². The van der Waals surface area contributed by atoms with Crippen LogP contribution in [0.1, 0.15) is 20.7 Å². The van der Waals surface area contributed by atoms with E-state index in [0.29, 0.717) is 28.2 Å². The van der Waals surface area contributed by atoms with Crippen molar-refractivity contribution < 1.29 is 9.59 Å². The summed E-state index contributed by atoms with van der Waals surface area (Å²) in [6.45, 7) is 7.52. The van der Waals surface area contributed by atoms with Crippen LogP contribution in [-0.2, 0) is 0 Å². The first kappa shape index (κ1) is 21.8. The molecule has 1 aromatic heterocycles. The highest BCUT2D eigenvalue weighted by Crippen LogP contribution is 2.39. The van der Waals surface area contributed by atoms with Crippen LogP contribution in [0.15, 0.2) is 115 Å². The van der Waals surface area contributed by atoms with E-state index in [1.54, 1.807) is 18.2 Å². The van der Waals surface area contributed by atoms with Crippen LogP contribution < -0.4 is 4.90 Å². The first-order chi connectivity index (χ1) is 18.7. The number of hydrogen-bond donors (Lipinski definition) is 0. The van der Waals surface area contributed by atoms with Gasteiger partial charge in [0.25, 0.3) is 11.8 Å². The monoisotopic (exact) mass is 489 g/mol. The van der Waals surface area contributed by atoms with Crippen LogP contribution in [0.4, 0.5) is 11.4 Å². The third-order valence-electron chi connectivity index (χ3n) is 7.13. The van der Waals surface area contributed by atoms with Crippen molar-refractivity contribution in [2.45, 2.75) is 0 Å². The second kappa shape index (κ2) is 8.29. The minimum atomic E-state index is -0.363. The quantitative estimate of drug-likeness (QED) is 0.188. The summed E-state index contributed by atoms with van der Waals surface area (Å²) in [7, 11) is 0. The van der Waals surface area contributed by atoms with Crippen LogP contribution in [0, 0.1) is 6.57 Å². The highest BCUT2D eigenvalue weighted by molar-refractivity contribution is 6.36. The number of benzene rings is 5. The number of amides is 2. The van der Waals surface area contributed by atoms with Crippen LogP contribution in [-0.4, -0.2) is 16.4 Å². The number of para-hydroxylation sites is 1. The normalized spacial score (nSPS) is 12.8. The van der Waals surface area contributed by atoms with Crippen molar-refractivity contribution in [2.24, 2.45) is 0 Å². The molecule has 6 aromatic rings. The van der Waals surface area contributed by atoms with Gasteiger partial charge in [0.1, 0.15) is 0 Å². The molecule has 0 saturated heterocycles. The van der Waals surface area contributed by atoms with Crippen molar-refractivity contribution in [3.05, 3.63) is 138 Å². The Labute approximate surface area is 218 Å². The number of nitrogens with zero attached hydrogens (tertiary/aromatic N) is 3. The van der Waals surface area contributed by atoms with E-state index < -0.39 is 0 Å². The summed E-state index contributed by atoms with van der Waals surface area (Å²) in [6, 6.07) is 36.3. The van der Waals surface area contributed by atoms with Crippen molar-refractivity contribution in [3.8, 4) is 16.8 Å². The van der Waals surface area contributed by atoms with Crippen molar-refractivity contribution in [1.82, 2.24) is 4.57 Å². The maximum atomic E-state index is 14.0. The van der Waals surface area contributed by atoms with Gasteiger partial charge in [-0.2, -0.15) is 0 Å². The van der Waals surface area contributed by atoms with Crippen molar-refractivity contribution in [1.29, 1.82) is 0 Å². The Balaban J connectivity index is 1.43. The summed E-state index contributed by atoms with van der Waals surface area (Å²) in [6.07, 6.45) is 0. The minimum absolute atomic E-state index is 0.348. The molecule has 5 nitrogen and oxygen atoms in total. The molecule has 2 amide bonds. The van der Waals surface area contributed by atoms with Gasteiger partial charge >= 0.3 is 0 Å². The Bertz CT molecular complexity index is 1980. The Morgan fingerprint density at radius 2 is 1.34 bits per heavy atom. The average Bonchev–Trinajstić information content (AvgIpc) is 3.44. The van der Waals surface area contributed by atoms with Crippen LogP contribution in [0.25, 0.3) is 43.5 Å². The number of aromatic nitrogens is 1. The number of rotatable bonds is 3. The summed E-state index contributed by atoms with van der Waals surface area (Å²) in [5.41, 5.74) is 6.04. The predicted octanol–water partition coefficient (Wildman–Crippen LogP) is 7.80. The molecule has 0 N–H and O–H groups in total. The first-order valence-corrected chi connectivity index (χ1v) is 12.2. The summed E-state index contributed by atoms with van der Waals surface area (Å²) in [5.74, 6) is -0.710. The minimum Gasteiger partial charge on any atom is -0.310 e. The van der Waals surface area contributed by atoms with Crippen molar-refractivity contribution >= 4 is 45.0 Å². The molecule has 0 fully saturated rings. The molecular formula is C33H19N3O2. The van der Waals surface area contributed by atoms with E-state index >= 15 is 0 Å². The maximum Gasteiger partial charge on any atom is 0.268 e. The summed E-state index contributed by atoms with van der Waals surface area (Å²) >= 11 is 0. The topological polar surface area (TPSA) is 46.7 Å². The molecule has 0 radical (unpaired) electrons. The second-order valence-electron chi connectivity index (χ2n) is 9.23. The van der Waals surface area contributed by atoms with E-state index in [9.17, 15) is 9.59 Å². The fourth-order valence-electron chi connectivity index (χ4n) is 5.43. The lowest BCUT2D eigenvalue weighted by molar-refractivity contribution is 0.0926. The molecular weight excluding hydrogens is 470 g/mol. The third-order valence-corrected chi connectivity index (χ3v) is 7.13. The highest BCUT2D eigenvalue weighted by Gasteiger charge is 2.39. The van der Waals surface area contributed by atoms with E-state index in [0.717, 1.165) is 32.9 Å². The summed E-state index contributed by atoms with van der Waals surface area (Å²) in [4.78, 5) is 32.6. The molecule has 0 atom stereocenters. The smallest absolute Gasteiger partial charge is 0.268 e. The molecule has 0 unspecified atom stereocenters. The SMILES string of the molecule is [C-]#[N+]c1ccc2c3ccccc3n(-c3cccc4c3C(=O)N(c3cccc(-c5ccccc5)c3)C4=O)c2c1. The van der Waals surface area contributed by atoms with Crippen LogP contribution in [0.2, 0.25) is 0 Å². The zero-order chi connectivity index (χ0) is 25.8. The van der Waals surface area contributed by atoms with Gasteiger partial charge in [0.15, 0.2) is 5.69 Å². The Morgan fingerprint density at radius 3 is 2.18 bits per heavy atom. The molecule has 0 saturated carbocycles. The highest BCUT2D eigenvalue weighted by atomic mass is 16.2. The average molecular weight is 490 g/mol. The molecule has 178 valence electrons. The molecule has 5 heteroatoms. The molecule has 1 aliphatic rings. The van der Waals surface area contributed by atoms with E-state index in [2.05, 4.69) is 4.85 Å². The van der Waals surface area contributed by atoms with Gasteiger partial charge < -0.3 is 4.57 Å². The molecule has 2 heterocycles. The molecule has 0 spiro atoms. The molecule has 0 aliphatic carbocycles. The van der Waals surface area contributed by atoms with Gasteiger partial charge in [0, 0.05) is 16.3 Å². The van der Waals surface area contributed by atoms with Crippen molar-refractivity contribution in [3.63, 3.8) is 0 Å². The standard InChI is InChI=1S/C33H19N3O2/c1-34-23-17-18-26-25-13-5-6-15-28(25)36(30(26)20-23)29-16-8-14-27-31(29)33(38)35(32(27)37)24-12-7-11-22(19-24)21-9-3-2-4-10-21/h2-20H. The fraction of sp³-hybridized carbons (Fsp3) is 0. The van der Waals surface area contributed by atoms with Gasteiger partial charge in [0.2, 0.25) is 0 Å². The lowest BCUT2D eigenvalue weighted by Crippen LogP contribution is -2.29. The number of carbonyl (C=O) groups is 2. The molecule has 5 aromatic carbocycles. The molecule has 0 bridgehead atoms. The zero-order valence-corrected chi connectivity index (χ0v) is 20.1. The second-order valence-corrected chi connectivity index (χ2v) is 9.23. The molecule has 38 heavy (non-hydrogen) atoms. The van der Waals surface area contributed by atoms with E-state index in [4.69, 9.17) is 6.57 Å². The lowest BCUT2D eigenvalue weighted by atomic mass is 10.0. The number of imide groups is 1. The van der Waals surface area contributed by atoms with Crippen molar-refractivity contribution in [2.75, 3.05) is 4.90 Å². The number of anilines is 1. The Kier molecular flexibility index (Phi) is 4.75. The van der Waals surface area contributed by atoms with Gasteiger partial charge in [-0.05, 0) is 47.5 Å². The van der Waals surface area contributed by atoms with Crippen LogP contribution >= 0.6 is 0 Å². The van der Waals surface area contributed by atoms with Gasteiger partial charge in [0.05, 0.1) is 34.6 Å². The van der Waals surface area contributed by atoms with Gasteiger partial charge in [-0.3, -0.25) is 9.59 Å². The maximum absolute atomic E-state index is 14.0. The van der Waals surface area contributed by atoms with E-state index in [1.807, 2.05) is 102 Å². The Hall–Kier alpha value is -5.47. The fourth-order valence-corrected chi connectivity index (χ4v) is 5.43. The number of carbonyl (C=O) groups excluding carboxylic acids is 2. The van der Waals surface area contributed by atoms with Gasteiger partial charge in [-0.15, -0.1) is 0 Å². The molecule has 7 rings (SSSR count).